The van der Waals surface area contributed by atoms with Gasteiger partial charge in [0.15, 0.2) is 0 Å². The van der Waals surface area contributed by atoms with E-state index in [1.165, 1.54) is 65.1 Å². The molecule has 1 N–H and O–H groups in total. The molecule has 0 amide bonds. The molecule has 0 radical (unpaired) electrons. The average molecular weight is 225 g/mol. The number of rotatable bonds is 7. The molecule has 0 atom stereocenters. The highest BCUT2D eigenvalue weighted by molar-refractivity contribution is 4.80. The van der Waals surface area contributed by atoms with Crippen LogP contribution in [0.2, 0.25) is 0 Å². The summed E-state index contributed by atoms with van der Waals surface area (Å²) in [5, 5.41) is 3.39. The maximum atomic E-state index is 3.39. The second-order valence-electron chi connectivity index (χ2n) is 5.29. The SMILES string of the molecule is CCNCCCN1CCN(CC2CC2)CC1. The molecule has 0 aromatic rings. The molecular formula is C13H27N3. The fourth-order valence-electron chi connectivity index (χ4n) is 2.47. The van der Waals surface area contributed by atoms with Crippen molar-refractivity contribution in [2.24, 2.45) is 5.92 Å². The summed E-state index contributed by atoms with van der Waals surface area (Å²) >= 11 is 0. The van der Waals surface area contributed by atoms with Gasteiger partial charge in [-0.1, -0.05) is 6.92 Å². The van der Waals surface area contributed by atoms with E-state index in [0.29, 0.717) is 0 Å². The molecule has 0 unspecified atom stereocenters. The van der Waals surface area contributed by atoms with Crippen LogP contribution >= 0.6 is 0 Å². The van der Waals surface area contributed by atoms with Gasteiger partial charge in [-0.05, 0) is 44.8 Å². The van der Waals surface area contributed by atoms with Gasteiger partial charge in [0.05, 0.1) is 0 Å². The van der Waals surface area contributed by atoms with E-state index in [9.17, 15) is 0 Å². The van der Waals surface area contributed by atoms with E-state index in [-0.39, 0.29) is 0 Å². The minimum Gasteiger partial charge on any atom is -0.317 e. The smallest absolute Gasteiger partial charge is 0.0110 e. The van der Waals surface area contributed by atoms with E-state index in [1.54, 1.807) is 0 Å². The summed E-state index contributed by atoms with van der Waals surface area (Å²) in [7, 11) is 0. The van der Waals surface area contributed by atoms with Gasteiger partial charge in [0.2, 0.25) is 0 Å². The molecule has 0 aromatic carbocycles. The molecule has 0 aromatic heterocycles. The molecule has 3 heteroatoms. The van der Waals surface area contributed by atoms with Crippen LogP contribution in [0.5, 0.6) is 0 Å². The second-order valence-corrected chi connectivity index (χ2v) is 5.29. The van der Waals surface area contributed by atoms with Crippen molar-refractivity contribution < 1.29 is 0 Å². The normalized spacial score (nSPS) is 23.8. The van der Waals surface area contributed by atoms with E-state index in [2.05, 4.69) is 22.0 Å². The van der Waals surface area contributed by atoms with E-state index in [1.807, 2.05) is 0 Å². The molecule has 2 fully saturated rings. The van der Waals surface area contributed by atoms with Crippen LogP contribution in [0, 0.1) is 5.92 Å². The van der Waals surface area contributed by atoms with Gasteiger partial charge >= 0.3 is 0 Å². The van der Waals surface area contributed by atoms with Gasteiger partial charge in [-0.3, -0.25) is 0 Å². The lowest BCUT2D eigenvalue weighted by atomic mass is 10.2. The van der Waals surface area contributed by atoms with Crippen molar-refractivity contribution in [3.05, 3.63) is 0 Å². The fourth-order valence-corrected chi connectivity index (χ4v) is 2.47. The van der Waals surface area contributed by atoms with Crippen molar-refractivity contribution in [1.29, 1.82) is 0 Å². The van der Waals surface area contributed by atoms with Crippen molar-refractivity contribution in [3.63, 3.8) is 0 Å². The molecule has 1 heterocycles. The van der Waals surface area contributed by atoms with Crippen LogP contribution in [0.3, 0.4) is 0 Å². The highest BCUT2D eigenvalue weighted by Gasteiger charge is 2.26. The molecule has 3 nitrogen and oxygen atoms in total. The Kier molecular flexibility index (Phi) is 5.07. The number of nitrogens with zero attached hydrogens (tertiary/aromatic N) is 2. The zero-order valence-corrected chi connectivity index (χ0v) is 10.7. The maximum absolute atomic E-state index is 3.39. The summed E-state index contributed by atoms with van der Waals surface area (Å²) in [5.74, 6) is 1.06. The number of hydrogen-bond acceptors (Lipinski definition) is 3. The number of nitrogens with one attached hydrogen (secondary N) is 1. The van der Waals surface area contributed by atoms with Crippen LogP contribution in [0.1, 0.15) is 26.2 Å². The van der Waals surface area contributed by atoms with Crippen molar-refractivity contribution >= 4 is 0 Å². The first-order valence-electron chi connectivity index (χ1n) is 7.04. The molecule has 16 heavy (non-hydrogen) atoms. The van der Waals surface area contributed by atoms with Crippen molar-refractivity contribution in [1.82, 2.24) is 15.1 Å². The van der Waals surface area contributed by atoms with Gasteiger partial charge in [0.1, 0.15) is 0 Å². The first-order chi connectivity index (χ1) is 7.88. The van der Waals surface area contributed by atoms with Gasteiger partial charge in [-0.15, -0.1) is 0 Å². The number of hydrogen-bond donors (Lipinski definition) is 1. The Labute approximate surface area is 100 Å². The van der Waals surface area contributed by atoms with Crippen LogP contribution in [-0.2, 0) is 0 Å². The summed E-state index contributed by atoms with van der Waals surface area (Å²) in [6.07, 6.45) is 4.28. The van der Waals surface area contributed by atoms with Gasteiger partial charge in [0, 0.05) is 32.7 Å². The third kappa shape index (κ3) is 4.40. The van der Waals surface area contributed by atoms with E-state index >= 15 is 0 Å². The Bertz CT molecular complexity index is 184. The van der Waals surface area contributed by atoms with Crippen molar-refractivity contribution in [2.45, 2.75) is 26.2 Å². The average Bonchev–Trinajstić information content (AvgIpc) is 3.11. The highest BCUT2D eigenvalue weighted by atomic mass is 15.3. The van der Waals surface area contributed by atoms with Crippen molar-refractivity contribution in [3.8, 4) is 0 Å². The Morgan fingerprint density at radius 2 is 1.75 bits per heavy atom. The Morgan fingerprint density at radius 3 is 2.38 bits per heavy atom. The topological polar surface area (TPSA) is 18.5 Å². The second kappa shape index (κ2) is 6.58. The number of piperazine rings is 1. The monoisotopic (exact) mass is 225 g/mol. The minimum absolute atomic E-state index is 1.06. The Balaban J connectivity index is 1.50. The first kappa shape index (κ1) is 12.3. The third-order valence-electron chi connectivity index (χ3n) is 3.76. The summed E-state index contributed by atoms with van der Waals surface area (Å²) in [6, 6.07) is 0. The summed E-state index contributed by atoms with van der Waals surface area (Å²) in [5.41, 5.74) is 0. The maximum Gasteiger partial charge on any atom is 0.0110 e. The van der Waals surface area contributed by atoms with E-state index in [0.717, 1.165) is 12.5 Å². The first-order valence-corrected chi connectivity index (χ1v) is 7.04. The predicted octanol–water partition coefficient (Wildman–Crippen LogP) is 1.01. The molecule has 1 aliphatic carbocycles. The standard InChI is InChI=1S/C13H27N3/c1-2-14-6-3-7-15-8-10-16(11-9-15)12-13-4-5-13/h13-14H,2-12H2,1H3. The van der Waals surface area contributed by atoms with Crippen molar-refractivity contribution in [2.75, 3.05) is 52.4 Å². The quantitative estimate of drug-likeness (QED) is 0.653. The van der Waals surface area contributed by atoms with Gasteiger partial charge in [-0.2, -0.15) is 0 Å². The van der Waals surface area contributed by atoms with Gasteiger partial charge < -0.3 is 15.1 Å². The Hall–Kier alpha value is -0.120. The van der Waals surface area contributed by atoms with E-state index < -0.39 is 0 Å². The molecule has 2 aliphatic rings. The molecule has 1 aliphatic heterocycles. The lowest BCUT2D eigenvalue weighted by Gasteiger charge is -2.34. The molecule has 1 saturated carbocycles. The van der Waals surface area contributed by atoms with Crippen LogP contribution in [-0.4, -0.2) is 62.2 Å². The zero-order chi connectivity index (χ0) is 11.2. The summed E-state index contributed by atoms with van der Waals surface area (Å²) in [6.45, 7) is 12.3. The highest BCUT2D eigenvalue weighted by Crippen LogP contribution is 2.29. The molecule has 0 spiro atoms. The van der Waals surface area contributed by atoms with Crippen LogP contribution < -0.4 is 5.32 Å². The molecule has 1 saturated heterocycles. The van der Waals surface area contributed by atoms with Gasteiger partial charge in [-0.25, -0.2) is 0 Å². The summed E-state index contributed by atoms with van der Waals surface area (Å²) < 4.78 is 0. The fraction of sp³-hybridized carbons (Fsp3) is 1.00. The van der Waals surface area contributed by atoms with Crippen LogP contribution in [0.15, 0.2) is 0 Å². The third-order valence-corrected chi connectivity index (χ3v) is 3.76. The van der Waals surface area contributed by atoms with E-state index in [4.69, 9.17) is 0 Å². The predicted molar refractivity (Wildman–Crippen MR) is 68.8 cm³/mol. The summed E-state index contributed by atoms with van der Waals surface area (Å²) in [4.78, 5) is 5.29. The Morgan fingerprint density at radius 1 is 1.06 bits per heavy atom. The molecule has 94 valence electrons. The van der Waals surface area contributed by atoms with Crippen LogP contribution in [0.4, 0.5) is 0 Å². The lowest BCUT2D eigenvalue weighted by Crippen LogP contribution is -2.47. The zero-order valence-electron chi connectivity index (χ0n) is 10.7. The molecular weight excluding hydrogens is 198 g/mol. The lowest BCUT2D eigenvalue weighted by molar-refractivity contribution is 0.127. The van der Waals surface area contributed by atoms with Gasteiger partial charge in [0.25, 0.3) is 0 Å². The molecule has 0 bridgehead atoms. The minimum atomic E-state index is 1.06. The molecule has 2 rings (SSSR count). The largest absolute Gasteiger partial charge is 0.317 e. The van der Waals surface area contributed by atoms with Crippen LogP contribution in [0.25, 0.3) is 0 Å².